The highest BCUT2D eigenvalue weighted by molar-refractivity contribution is 5.85. The molecule has 1 aromatic rings. The molecule has 0 heterocycles. The molecule has 0 radical (unpaired) electrons. The summed E-state index contributed by atoms with van der Waals surface area (Å²) in [6.07, 6.45) is 1.24. The maximum absolute atomic E-state index is 11.6. The lowest BCUT2D eigenvalue weighted by atomic mass is 10.0. The number of aryl methyl sites for hydroxylation is 2. The highest BCUT2D eigenvalue weighted by Gasteiger charge is 2.10. The van der Waals surface area contributed by atoms with Gasteiger partial charge in [-0.25, -0.2) is 0 Å². The van der Waals surface area contributed by atoms with Crippen molar-refractivity contribution < 1.29 is 4.79 Å². The van der Waals surface area contributed by atoms with Crippen LogP contribution in [0.2, 0.25) is 0 Å². The second kappa shape index (κ2) is 8.18. The van der Waals surface area contributed by atoms with Gasteiger partial charge in [-0.05, 0) is 39.7 Å². The summed E-state index contributed by atoms with van der Waals surface area (Å²) in [5, 5.41) is 2.98. The predicted molar refractivity (Wildman–Crippen MR) is 82.7 cm³/mol. The van der Waals surface area contributed by atoms with Gasteiger partial charge in [0.25, 0.3) is 0 Å². The van der Waals surface area contributed by atoms with Crippen LogP contribution < -0.4 is 11.1 Å². The van der Waals surface area contributed by atoms with E-state index in [9.17, 15) is 4.79 Å². The summed E-state index contributed by atoms with van der Waals surface area (Å²) >= 11 is 0. The maximum atomic E-state index is 11.6. The third-order valence-corrected chi connectivity index (χ3v) is 2.74. The van der Waals surface area contributed by atoms with Crippen LogP contribution in [0.15, 0.2) is 18.2 Å². The van der Waals surface area contributed by atoms with Gasteiger partial charge < -0.3 is 11.1 Å². The molecule has 1 amide bonds. The Bertz CT molecular complexity index is 398. The summed E-state index contributed by atoms with van der Waals surface area (Å²) in [7, 11) is 0. The zero-order valence-electron chi connectivity index (χ0n) is 12.2. The molecule has 1 aromatic carbocycles. The maximum Gasteiger partial charge on any atom is 0.221 e. The summed E-state index contributed by atoms with van der Waals surface area (Å²) in [6, 6.07) is 6.54. The zero-order valence-corrected chi connectivity index (χ0v) is 13.0. The predicted octanol–water partition coefficient (Wildman–Crippen LogP) is 2.51. The van der Waals surface area contributed by atoms with Crippen molar-refractivity contribution in [2.45, 2.75) is 52.6 Å². The Balaban J connectivity index is 0.00000324. The smallest absolute Gasteiger partial charge is 0.221 e. The molecular weight excluding hydrogens is 260 g/mol. The Kier molecular flexibility index (Phi) is 7.72. The van der Waals surface area contributed by atoms with E-state index in [0.29, 0.717) is 6.42 Å². The van der Waals surface area contributed by atoms with Gasteiger partial charge in [0.05, 0.1) is 0 Å². The third-order valence-electron chi connectivity index (χ3n) is 2.74. The van der Waals surface area contributed by atoms with Crippen molar-refractivity contribution in [3.05, 3.63) is 34.9 Å². The van der Waals surface area contributed by atoms with Gasteiger partial charge in [-0.15, -0.1) is 12.4 Å². The molecule has 0 bridgehead atoms. The molecular formula is C15H25ClN2O. The lowest BCUT2D eigenvalue weighted by Crippen LogP contribution is -2.37. The molecule has 4 heteroatoms. The van der Waals surface area contributed by atoms with Crippen molar-refractivity contribution in [3.8, 4) is 0 Å². The zero-order chi connectivity index (χ0) is 13.7. The number of carbonyl (C=O) groups excluding carboxylic acids is 1. The molecule has 3 N–H and O–H groups in total. The standard InChI is InChI=1S/C15H24N2O.ClH/c1-10-5-11(2)7-14(6-10)9-13(4)17-15(18)8-12(3)16;/h5-7,12-13H,8-9,16H2,1-4H3,(H,17,18);1H. The summed E-state index contributed by atoms with van der Waals surface area (Å²) in [5.41, 5.74) is 9.39. The van der Waals surface area contributed by atoms with E-state index < -0.39 is 0 Å². The van der Waals surface area contributed by atoms with E-state index in [1.54, 1.807) is 0 Å². The fourth-order valence-electron chi connectivity index (χ4n) is 2.22. The number of nitrogens with two attached hydrogens (primary N) is 1. The highest BCUT2D eigenvalue weighted by atomic mass is 35.5. The quantitative estimate of drug-likeness (QED) is 0.873. The van der Waals surface area contributed by atoms with Crippen LogP contribution in [0, 0.1) is 13.8 Å². The normalized spacial score (nSPS) is 13.3. The molecule has 1 rings (SSSR count). The van der Waals surface area contributed by atoms with Gasteiger partial charge in [0.1, 0.15) is 0 Å². The lowest BCUT2D eigenvalue weighted by molar-refractivity contribution is -0.121. The van der Waals surface area contributed by atoms with E-state index in [-0.39, 0.29) is 30.4 Å². The number of nitrogens with one attached hydrogen (secondary N) is 1. The summed E-state index contributed by atoms with van der Waals surface area (Å²) in [5.74, 6) is 0.0295. The minimum absolute atomic E-state index is 0. The van der Waals surface area contributed by atoms with Crippen molar-refractivity contribution in [1.29, 1.82) is 0 Å². The number of benzene rings is 1. The van der Waals surface area contributed by atoms with Gasteiger partial charge in [-0.2, -0.15) is 0 Å². The fourth-order valence-corrected chi connectivity index (χ4v) is 2.22. The Hall–Kier alpha value is -1.06. The molecule has 0 aliphatic heterocycles. The average molecular weight is 285 g/mol. The van der Waals surface area contributed by atoms with Gasteiger partial charge in [0.15, 0.2) is 0 Å². The first-order chi connectivity index (χ1) is 8.36. The minimum Gasteiger partial charge on any atom is -0.353 e. The third kappa shape index (κ3) is 7.19. The average Bonchev–Trinajstić information content (AvgIpc) is 2.12. The Morgan fingerprint density at radius 3 is 2.21 bits per heavy atom. The fraction of sp³-hybridized carbons (Fsp3) is 0.533. The van der Waals surface area contributed by atoms with Crippen LogP contribution >= 0.6 is 12.4 Å². The van der Waals surface area contributed by atoms with Crippen LogP contribution in [0.3, 0.4) is 0 Å². The second-order valence-corrected chi connectivity index (χ2v) is 5.35. The second-order valence-electron chi connectivity index (χ2n) is 5.35. The van der Waals surface area contributed by atoms with Gasteiger partial charge in [0.2, 0.25) is 5.91 Å². The van der Waals surface area contributed by atoms with E-state index in [4.69, 9.17) is 5.73 Å². The van der Waals surface area contributed by atoms with Gasteiger partial charge in [0, 0.05) is 18.5 Å². The SMILES string of the molecule is Cc1cc(C)cc(CC(C)NC(=O)CC(C)N)c1.Cl. The van der Waals surface area contributed by atoms with Crippen LogP contribution in [0.5, 0.6) is 0 Å². The number of halogens is 1. The first-order valence-corrected chi connectivity index (χ1v) is 6.49. The Morgan fingerprint density at radius 2 is 1.74 bits per heavy atom. The van der Waals surface area contributed by atoms with Crippen molar-refractivity contribution in [1.82, 2.24) is 5.32 Å². The van der Waals surface area contributed by atoms with Crippen molar-refractivity contribution in [3.63, 3.8) is 0 Å². The van der Waals surface area contributed by atoms with Crippen LogP contribution in [0.1, 0.15) is 37.0 Å². The van der Waals surface area contributed by atoms with E-state index in [1.807, 2.05) is 13.8 Å². The summed E-state index contributed by atoms with van der Waals surface area (Å²) < 4.78 is 0. The molecule has 0 aliphatic carbocycles. The number of hydrogen-bond acceptors (Lipinski definition) is 2. The first-order valence-electron chi connectivity index (χ1n) is 6.49. The lowest BCUT2D eigenvalue weighted by Gasteiger charge is -2.15. The van der Waals surface area contributed by atoms with Gasteiger partial charge >= 0.3 is 0 Å². The Labute approximate surface area is 122 Å². The van der Waals surface area contributed by atoms with E-state index in [1.165, 1.54) is 16.7 Å². The molecule has 0 spiro atoms. The number of carbonyl (C=O) groups is 1. The van der Waals surface area contributed by atoms with E-state index in [2.05, 4.69) is 37.4 Å². The van der Waals surface area contributed by atoms with Crippen LogP contribution in [-0.4, -0.2) is 18.0 Å². The molecule has 2 unspecified atom stereocenters. The molecule has 3 nitrogen and oxygen atoms in total. The molecule has 0 saturated heterocycles. The van der Waals surface area contributed by atoms with Gasteiger partial charge in [-0.3, -0.25) is 4.79 Å². The molecule has 108 valence electrons. The van der Waals surface area contributed by atoms with Crippen molar-refractivity contribution in [2.24, 2.45) is 5.73 Å². The number of amides is 1. The van der Waals surface area contributed by atoms with E-state index in [0.717, 1.165) is 6.42 Å². The minimum atomic E-state index is -0.0848. The van der Waals surface area contributed by atoms with Crippen molar-refractivity contribution >= 4 is 18.3 Å². The summed E-state index contributed by atoms with van der Waals surface area (Å²) in [4.78, 5) is 11.6. The van der Waals surface area contributed by atoms with Crippen LogP contribution in [0.25, 0.3) is 0 Å². The monoisotopic (exact) mass is 284 g/mol. The summed E-state index contributed by atoms with van der Waals surface area (Å²) in [6.45, 7) is 8.05. The van der Waals surface area contributed by atoms with E-state index >= 15 is 0 Å². The molecule has 0 fully saturated rings. The first kappa shape index (κ1) is 17.9. The molecule has 2 atom stereocenters. The van der Waals surface area contributed by atoms with Crippen LogP contribution in [-0.2, 0) is 11.2 Å². The number of rotatable bonds is 5. The van der Waals surface area contributed by atoms with Crippen LogP contribution in [0.4, 0.5) is 0 Å². The van der Waals surface area contributed by atoms with Crippen molar-refractivity contribution in [2.75, 3.05) is 0 Å². The highest BCUT2D eigenvalue weighted by Crippen LogP contribution is 2.11. The number of hydrogen-bond donors (Lipinski definition) is 2. The molecule has 0 aromatic heterocycles. The topological polar surface area (TPSA) is 55.1 Å². The molecule has 19 heavy (non-hydrogen) atoms. The largest absolute Gasteiger partial charge is 0.353 e. The van der Waals surface area contributed by atoms with Gasteiger partial charge in [-0.1, -0.05) is 29.3 Å². The molecule has 0 saturated carbocycles. The Morgan fingerprint density at radius 1 is 1.21 bits per heavy atom. The molecule has 0 aliphatic rings.